The summed E-state index contributed by atoms with van der Waals surface area (Å²) in [5, 5.41) is 20.0. The van der Waals surface area contributed by atoms with E-state index in [1.165, 1.54) is 0 Å². The van der Waals surface area contributed by atoms with Crippen LogP contribution in [0.1, 0.15) is 29.7 Å². The maximum Gasteiger partial charge on any atom is 0.124 e. The first kappa shape index (κ1) is 16.0. The molecular formula is C18H21NO3. The van der Waals surface area contributed by atoms with Gasteiger partial charge >= 0.3 is 0 Å². The van der Waals surface area contributed by atoms with Gasteiger partial charge in [0, 0.05) is 11.8 Å². The summed E-state index contributed by atoms with van der Waals surface area (Å²) >= 11 is 0. The van der Waals surface area contributed by atoms with Crippen molar-refractivity contribution in [2.45, 2.75) is 20.0 Å². The second-order valence-electron chi connectivity index (χ2n) is 5.02. The van der Waals surface area contributed by atoms with Crippen molar-refractivity contribution >= 4 is 6.21 Å². The number of benzene rings is 2. The van der Waals surface area contributed by atoms with E-state index in [1.807, 2.05) is 38.1 Å². The number of rotatable bonds is 6. The highest BCUT2D eigenvalue weighted by Gasteiger charge is 2.08. The number of aliphatic hydroxyl groups excluding tert-OH is 1. The standard InChI is InChI=1S/C18H21NO3/c1-3-22-15-8-9-17(20)14(10-15)11-19-12-18(21)16-7-5-4-6-13(16)2/h4-11,18,20-21H,3,12H2,1-2H3. The van der Waals surface area contributed by atoms with Gasteiger partial charge in [-0.25, -0.2) is 0 Å². The van der Waals surface area contributed by atoms with Crippen LogP contribution in [-0.2, 0) is 0 Å². The number of ether oxygens (including phenoxy) is 1. The summed E-state index contributed by atoms with van der Waals surface area (Å²) in [5.41, 5.74) is 2.47. The Morgan fingerprint density at radius 3 is 2.73 bits per heavy atom. The molecule has 0 aromatic heterocycles. The van der Waals surface area contributed by atoms with Crippen LogP contribution in [-0.4, -0.2) is 29.6 Å². The van der Waals surface area contributed by atoms with Crippen LogP contribution in [0.3, 0.4) is 0 Å². The predicted molar refractivity (Wildman–Crippen MR) is 87.9 cm³/mol. The van der Waals surface area contributed by atoms with Gasteiger partial charge in [0.15, 0.2) is 0 Å². The molecule has 2 N–H and O–H groups in total. The van der Waals surface area contributed by atoms with Gasteiger partial charge in [-0.15, -0.1) is 0 Å². The van der Waals surface area contributed by atoms with Gasteiger partial charge in [-0.05, 0) is 43.2 Å². The van der Waals surface area contributed by atoms with Crippen molar-refractivity contribution in [3.63, 3.8) is 0 Å². The van der Waals surface area contributed by atoms with Gasteiger partial charge in [0.05, 0.1) is 19.3 Å². The summed E-state index contributed by atoms with van der Waals surface area (Å²) in [5.74, 6) is 0.818. The minimum absolute atomic E-state index is 0.137. The summed E-state index contributed by atoms with van der Waals surface area (Å²) < 4.78 is 5.39. The van der Waals surface area contributed by atoms with Crippen molar-refractivity contribution in [1.29, 1.82) is 0 Å². The van der Waals surface area contributed by atoms with Crippen molar-refractivity contribution in [3.8, 4) is 11.5 Å². The molecule has 1 atom stereocenters. The highest BCUT2D eigenvalue weighted by atomic mass is 16.5. The van der Waals surface area contributed by atoms with Crippen molar-refractivity contribution in [1.82, 2.24) is 0 Å². The first-order valence-corrected chi connectivity index (χ1v) is 7.31. The first-order valence-electron chi connectivity index (χ1n) is 7.31. The van der Waals surface area contributed by atoms with Crippen LogP contribution in [0.25, 0.3) is 0 Å². The maximum absolute atomic E-state index is 10.2. The van der Waals surface area contributed by atoms with Crippen LogP contribution < -0.4 is 4.74 Å². The Bertz CT molecular complexity index is 653. The Kier molecular flexibility index (Phi) is 5.55. The fourth-order valence-electron chi connectivity index (χ4n) is 2.20. The molecule has 0 aliphatic heterocycles. The van der Waals surface area contributed by atoms with E-state index in [1.54, 1.807) is 24.4 Å². The molecule has 4 nitrogen and oxygen atoms in total. The molecule has 0 aliphatic carbocycles. The molecule has 0 spiro atoms. The molecule has 2 aromatic carbocycles. The van der Waals surface area contributed by atoms with E-state index in [4.69, 9.17) is 4.74 Å². The molecule has 0 radical (unpaired) electrons. The lowest BCUT2D eigenvalue weighted by Crippen LogP contribution is -2.04. The molecule has 116 valence electrons. The molecule has 0 aliphatic rings. The Morgan fingerprint density at radius 2 is 2.00 bits per heavy atom. The summed E-state index contributed by atoms with van der Waals surface area (Å²) in [6, 6.07) is 12.7. The van der Waals surface area contributed by atoms with Gasteiger partial charge in [0.2, 0.25) is 0 Å². The Labute approximate surface area is 130 Å². The van der Waals surface area contributed by atoms with E-state index in [9.17, 15) is 10.2 Å². The van der Waals surface area contributed by atoms with E-state index in [-0.39, 0.29) is 12.3 Å². The zero-order chi connectivity index (χ0) is 15.9. The predicted octanol–water partition coefficient (Wildman–Crippen LogP) is 3.25. The molecule has 0 amide bonds. The van der Waals surface area contributed by atoms with E-state index >= 15 is 0 Å². The van der Waals surface area contributed by atoms with Crippen LogP contribution >= 0.6 is 0 Å². The minimum Gasteiger partial charge on any atom is -0.507 e. The number of phenols is 1. The smallest absolute Gasteiger partial charge is 0.124 e. The quantitative estimate of drug-likeness (QED) is 0.805. The average Bonchev–Trinajstić information content (AvgIpc) is 2.51. The lowest BCUT2D eigenvalue weighted by molar-refractivity contribution is 0.187. The van der Waals surface area contributed by atoms with Gasteiger partial charge in [-0.2, -0.15) is 0 Å². The number of phenolic OH excluding ortho intramolecular Hbond substituents is 1. The van der Waals surface area contributed by atoms with E-state index < -0.39 is 6.10 Å². The Morgan fingerprint density at radius 1 is 1.23 bits per heavy atom. The zero-order valence-electron chi connectivity index (χ0n) is 12.9. The number of aliphatic imine (C=N–C) groups is 1. The normalized spacial score (nSPS) is 12.5. The van der Waals surface area contributed by atoms with Crippen LogP contribution in [0.2, 0.25) is 0 Å². The fourth-order valence-corrected chi connectivity index (χ4v) is 2.20. The third-order valence-electron chi connectivity index (χ3n) is 3.37. The van der Waals surface area contributed by atoms with Crippen LogP contribution in [0.5, 0.6) is 11.5 Å². The van der Waals surface area contributed by atoms with E-state index in [2.05, 4.69) is 4.99 Å². The van der Waals surface area contributed by atoms with Crippen LogP contribution in [0.4, 0.5) is 0 Å². The summed E-state index contributed by atoms with van der Waals surface area (Å²) in [6.45, 7) is 4.66. The zero-order valence-corrected chi connectivity index (χ0v) is 12.9. The fraction of sp³-hybridized carbons (Fsp3) is 0.278. The number of hydrogen-bond acceptors (Lipinski definition) is 4. The van der Waals surface area contributed by atoms with Crippen molar-refractivity contribution in [2.24, 2.45) is 4.99 Å². The summed E-state index contributed by atoms with van der Waals surface area (Å²) in [7, 11) is 0. The van der Waals surface area contributed by atoms with Crippen LogP contribution in [0.15, 0.2) is 47.5 Å². The molecule has 0 saturated heterocycles. The van der Waals surface area contributed by atoms with Crippen molar-refractivity contribution in [2.75, 3.05) is 13.2 Å². The van der Waals surface area contributed by atoms with Gasteiger partial charge in [0.25, 0.3) is 0 Å². The SMILES string of the molecule is CCOc1ccc(O)c(C=NCC(O)c2ccccc2C)c1. The van der Waals surface area contributed by atoms with Crippen molar-refractivity contribution in [3.05, 3.63) is 59.2 Å². The lowest BCUT2D eigenvalue weighted by atomic mass is 10.0. The minimum atomic E-state index is -0.658. The molecule has 1 unspecified atom stereocenters. The highest BCUT2D eigenvalue weighted by Crippen LogP contribution is 2.22. The molecular weight excluding hydrogens is 278 g/mol. The number of nitrogens with zero attached hydrogens (tertiary/aromatic N) is 1. The molecule has 0 heterocycles. The topological polar surface area (TPSA) is 62.0 Å². The molecule has 22 heavy (non-hydrogen) atoms. The summed E-state index contributed by atoms with van der Waals surface area (Å²) in [6.07, 6.45) is 0.897. The molecule has 2 aromatic rings. The van der Waals surface area contributed by atoms with Gasteiger partial charge in [0.1, 0.15) is 11.5 Å². The summed E-state index contributed by atoms with van der Waals surface area (Å²) in [4.78, 5) is 4.23. The number of aliphatic hydroxyl groups is 1. The van der Waals surface area contributed by atoms with E-state index in [0.29, 0.717) is 17.9 Å². The lowest BCUT2D eigenvalue weighted by Gasteiger charge is -2.11. The van der Waals surface area contributed by atoms with Gasteiger partial charge < -0.3 is 14.9 Å². The Balaban J connectivity index is 2.06. The monoisotopic (exact) mass is 299 g/mol. The first-order chi connectivity index (χ1) is 10.6. The molecule has 0 fully saturated rings. The second kappa shape index (κ2) is 7.61. The molecule has 2 rings (SSSR count). The Hall–Kier alpha value is -2.33. The molecule has 4 heteroatoms. The van der Waals surface area contributed by atoms with Gasteiger partial charge in [-0.1, -0.05) is 24.3 Å². The number of hydrogen-bond donors (Lipinski definition) is 2. The highest BCUT2D eigenvalue weighted by molar-refractivity contribution is 5.84. The number of aryl methyl sites for hydroxylation is 1. The second-order valence-corrected chi connectivity index (χ2v) is 5.02. The third kappa shape index (κ3) is 4.09. The van der Waals surface area contributed by atoms with Crippen LogP contribution in [0, 0.1) is 6.92 Å². The molecule has 0 bridgehead atoms. The number of aromatic hydroxyl groups is 1. The van der Waals surface area contributed by atoms with Crippen molar-refractivity contribution < 1.29 is 14.9 Å². The van der Waals surface area contributed by atoms with Gasteiger partial charge in [-0.3, -0.25) is 4.99 Å². The van der Waals surface area contributed by atoms with E-state index in [0.717, 1.165) is 11.1 Å². The average molecular weight is 299 g/mol. The maximum atomic E-state index is 10.2. The molecule has 0 saturated carbocycles. The largest absolute Gasteiger partial charge is 0.507 e. The third-order valence-corrected chi connectivity index (χ3v) is 3.37.